The molecule has 30 heavy (non-hydrogen) atoms. The van der Waals surface area contributed by atoms with Gasteiger partial charge in [0.15, 0.2) is 0 Å². The van der Waals surface area contributed by atoms with Crippen molar-refractivity contribution in [3.63, 3.8) is 0 Å². The maximum atomic E-state index is 12.2. The number of hydrogen-bond acceptors (Lipinski definition) is 6. The Labute approximate surface area is 176 Å². The van der Waals surface area contributed by atoms with Crippen LogP contribution in [-0.4, -0.2) is 58.4 Å². The van der Waals surface area contributed by atoms with E-state index in [1.807, 2.05) is 31.2 Å². The molecule has 8 heteroatoms. The second-order valence-electron chi connectivity index (χ2n) is 6.30. The van der Waals surface area contributed by atoms with E-state index >= 15 is 0 Å². The standard InChI is InChI=1S/C22H29N3O5/c1-3-29-13-14-30-20-6-4-5-19(15-20)24-16-21(26)25-18-9-7-17(8-10-18)22(27)23-11-12-28-2/h4-10,15,24H,3,11-14,16H2,1-2H3,(H,23,27)(H,25,26). The number of amides is 2. The topological polar surface area (TPSA) is 97.9 Å². The number of anilines is 2. The van der Waals surface area contributed by atoms with Gasteiger partial charge in [0.25, 0.3) is 5.91 Å². The molecule has 0 aliphatic heterocycles. The third-order valence-electron chi connectivity index (χ3n) is 4.01. The lowest BCUT2D eigenvalue weighted by Crippen LogP contribution is -2.27. The quantitative estimate of drug-likeness (QED) is 0.435. The lowest BCUT2D eigenvalue weighted by molar-refractivity contribution is -0.114. The molecule has 0 saturated heterocycles. The lowest BCUT2D eigenvalue weighted by atomic mass is 10.2. The van der Waals surface area contributed by atoms with Gasteiger partial charge in [0, 0.05) is 43.3 Å². The minimum absolute atomic E-state index is 0.0989. The zero-order chi connectivity index (χ0) is 21.6. The summed E-state index contributed by atoms with van der Waals surface area (Å²) in [6.07, 6.45) is 0. The molecule has 0 aromatic heterocycles. The third kappa shape index (κ3) is 8.50. The summed E-state index contributed by atoms with van der Waals surface area (Å²) in [6.45, 7) is 4.59. The minimum Gasteiger partial charge on any atom is -0.491 e. The fourth-order valence-corrected chi connectivity index (χ4v) is 2.52. The van der Waals surface area contributed by atoms with Gasteiger partial charge in [-0.1, -0.05) is 6.07 Å². The summed E-state index contributed by atoms with van der Waals surface area (Å²) in [5, 5.41) is 8.60. The van der Waals surface area contributed by atoms with Gasteiger partial charge in [-0.2, -0.15) is 0 Å². The molecule has 0 heterocycles. The molecule has 162 valence electrons. The number of ether oxygens (including phenoxy) is 3. The van der Waals surface area contributed by atoms with E-state index in [2.05, 4.69) is 16.0 Å². The molecule has 8 nitrogen and oxygen atoms in total. The van der Waals surface area contributed by atoms with E-state index in [0.717, 1.165) is 5.69 Å². The number of benzene rings is 2. The summed E-state index contributed by atoms with van der Waals surface area (Å²) >= 11 is 0. The van der Waals surface area contributed by atoms with E-state index in [4.69, 9.17) is 14.2 Å². The van der Waals surface area contributed by atoms with E-state index in [9.17, 15) is 9.59 Å². The fourth-order valence-electron chi connectivity index (χ4n) is 2.52. The normalized spacial score (nSPS) is 10.3. The van der Waals surface area contributed by atoms with Gasteiger partial charge in [0.1, 0.15) is 12.4 Å². The lowest BCUT2D eigenvalue weighted by Gasteiger charge is -2.11. The Balaban J connectivity index is 1.77. The molecule has 0 bridgehead atoms. The minimum atomic E-state index is -0.199. The van der Waals surface area contributed by atoms with Crippen LogP contribution in [0.1, 0.15) is 17.3 Å². The van der Waals surface area contributed by atoms with Crippen molar-refractivity contribution in [2.45, 2.75) is 6.92 Å². The van der Waals surface area contributed by atoms with Gasteiger partial charge >= 0.3 is 0 Å². The van der Waals surface area contributed by atoms with E-state index in [0.29, 0.717) is 50.0 Å². The van der Waals surface area contributed by atoms with Crippen molar-refractivity contribution in [1.82, 2.24) is 5.32 Å². The first-order valence-electron chi connectivity index (χ1n) is 9.84. The highest BCUT2D eigenvalue weighted by molar-refractivity contribution is 5.96. The summed E-state index contributed by atoms with van der Waals surface area (Å²) in [7, 11) is 1.58. The average Bonchev–Trinajstić information content (AvgIpc) is 2.76. The van der Waals surface area contributed by atoms with E-state index in [1.54, 1.807) is 31.4 Å². The van der Waals surface area contributed by atoms with Crippen molar-refractivity contribution >= 4 is 23.2 Å². The Hall–Kier alpha value is -3.10. The molecule has 2 rings (SSSR count). The number of methoxy groups -OCH3 is 1. The molecular formula is C22H29N3O5. The Morgan fingerprint density at radius 1 is 0.967 bits per heavy atom. The Morgan fingerprint density at radius 2 is 1.77 bits per heavy atom. The van der Waals surface area contributed by atoms with Gasteiger partial charge in [0.2, 0.25) is 5.91 Å². The number of hydrogen-bond donors (Lipinski definition) is 3. The van der Waals surface area contributed by atoms with Crippen LogP contribution in [0.15, 0.2) is 48.5 Å². The molecule has 0 radical (unpaired) electrons. The summed E-state index contributed by atoms with van der Waals surface area (Å²) < 4.78 is 15.7. The Morgan fingerprint density at radius 3 is 2.50 bits per heavy atom. The molecule has 0 saturated carbocycles. The number of rotatable bonds is 13. The van der Waals surface area contributed by atoms with Gasteiger partial charge < -0.3 is 30.2 Å². The Kier molecular flexibility index (Phi) is 10.2. The summed E-state index contributed by atoms with van der Waals surface area (Å²) in [5.74, 6) is 0.324. The van der Waals surface area contributed by atoms with Crippen molar-refractivity contribution < 1.29 is 23.8 Å². The van der Waals surface area contributed by atoms with Crippen LogP contribution >= 0.6 is 0 Å². The van der Waals surface area contributed by atoms with Crippen LogP contribution in [0.2, 0.25) is 0 Å². The third-order valence-corrected chi connectivity index (χ3v) is 4.01. The highest BCUT2D eigenvalue weighted by atomic mass is 16.5. The maximum absolute atomic E-state index is 12.2. The van der Waals surface area contributed by atoms with Crippen molar-refractivity contribution in [3.8, 4) is 5.75 Å². The first-order valence-corrected chi connectivity index (χ1v) is 9.84. The molecule has 2 amide bonds. The van der Waals surface area contributed by atoms with Crippen molar-refractivity contribution in [2.75, 3.05) is 57.3 Å². The van der Waals surface area contributed by atoms with Crippen LogP contribution in [-0.2, 0) is 14.3 Å². The summed E-state index contributed by atoms with van der Waals surface area (Å²) in [4.78, 5) is 24.2. The second kappa shape index (κ2) is 13.2. The van der Waals surface area contributed by atoms with Crippen LogP contribution in [0.4, 0.5) is 11.4 Å². The van der Waals surface area contributed by atoms with Gasteiger partial charge in [-0.15, -0.1) is 0 Å². The maximum Gasteiger partial charge on any atom is 0.251 e. The zero-order valence-corrected chi connectivity index (χ0v) is 17.4. The van der Waals surface area contributed by atoms with Crippen LogP contribution in [0.25, 0.3) is 0 Å². The number of carbonyl (C=O) groups excluding carboxylic acids is 2. The van der Waals surface area contributed by atoms with E-state index in [-0.39, 0.29) is 18.4 Å². The first kappa shape index (κ1) is 23.2. The molecule has 2 aromatic rings. The van der Waals surface area contributed by atoms with E-state index in [1.165, 1.54) is 0 Å². The molecular weight excluding hydrogens is 386 g/mol. The molecule has 0 unspecified atom stereocenters. The first-order chi connectivity index (χ1) is 14.6. The molecule has 0 atom stereocenters. The van der Waals surface area contributed by atoms with Crippen molar-refractivity contribution in [2.24, 2.45) is 0 Å². The summed E-state index contributed by atoms with van der Waals surface area (Å²) in [5.41, 5.74) is 1.91. The van der Waals surface area contributed by atoms with Gasteiger partial charge in [-0.3, -0.25) is 9.59 Å². The molecule has 0 fully saturated rings. The molecule has 0 spiro atoms. The van der Waals surface area contributed by atoms with Crippen molar-refractivity contribution in [1.29, 1.82) is 0 Å². The van der Waals surface area contributed by atoms with E-state index < -0.39 is 0 Å². The highest BCUT2D eigenvalue weighted by Gasteiger charge is 2.07. The average molecular weight is 415 g/mol. The fraction of sp³-hybridized carbons (Fsp3) is 0.364. The van der Waals surface area contributed by atoms with Crippen LogP contribution in [0.5, 0.6) is 5.75 Å². The Bertz CT molecular complexity index is 796. The number of nitrogens with one attached hydrogen (secondary N) is 3. The predicted octanol–water partition coefficient (Wildman–Crippen LogP) is 2.53. The highest BCUT2D eigenvalue weighted by Crippen LogP contribution is 2.17. The zero-order valence-electron chi connectivity index (χ0n) is 17.4. The molecule has 0 aliphatic carbocycles. The summed E-state index contributed by atoms with van der Waals surface area (Å²) in [6, 6.07) is 14.1. The second-order valence-corrected chi connectivity index (χ2v) is 6.30. The largest absolute Gasteiger partial charge is 0.491 e. The van der Waals surface area contributed by atoms with Gasteiger partial charge in [-0.25, -0.2) is 0 Å². The van der Waals surface area contributed by atoms with Crippen LogP contribution in [0.3, 0.4) is 0 Å². The predicted molar refractivity (Wildman–Crippen MR) is 116 cm³/mol. The van der Waals surface area contributed by atoms with Crippen LogP contribution < -0.4 is 20.7 Å². The van der Waals surface area contributed by atoms with Crippen LogP contribution in [0, 0.1) is 0 Å². The van der Waals surface area contributed by atoms with Crippen molar-refractivity contribution in [3.05, 3.63) is 54.1 Å². The monoisotopic (exact) mass is 415 g/mol. The molecule has 3 N–H and O–H groups in total. The number of carbonyl (C=O) groups is 2. The van der Waals surface area contributed by atoms with Gasteiger partial charge in [0.05, 0.1) is 19.8 Å². The molecule has 2 aromatic carbocycles. The molecule has 0 aliphatic rings. The SMILES string of the molecule is CCOCCOc1cccc(NCC(=O)Nc2ccc(C(=O)NCCOC)cc2)c1. The van der Waals surface area contributed by atoms with Gasteiger partial charge in [-0.05, 0) is 43.3 Å². The smallest absolute Gasteiger partial charge is 0.251 e.